The van der Waals surface area contributed by atoms with Gasteiger partial charge in [0.25, 0.3) is 5.69 Å². The number of nitrogens with zero attached hydrogens (tertiary/aromatic N) is 3. The molecule has 2 rings (SSSR count). The van der Waals surface area contributed by atoms with Crippen molar-refractivity contribution in [3.63, 3.8) is 0 Å². The highest BCUT2D eigenvalue weighted by Crippen LogP contribution is 2.21. The Hall–Kier alpha value is -2.83. The quantitative estimate of drug-likeness (QED) is 0.352. The lowest BCUT2D eigenvalue weighted by Gasteiger charge is -2.14. The summed E-state index contributed by atoms with van der Waals surface area (Å²) in [6, 6.07) is 8.81. The first-order valence-electron chi connectivity index (χ1n) is 6.69. The van der Waals surface area contributed by atoms with E-state index in [0.717, 1.165) is 5.56 Å². The molecule has 24 heavy (non-hydrogen) atoms. The van der Waals surface area contributed by atoms with Crippen molar-refractivity contribution < 1.29 is 17.9 Å². The second kappa shape index (κ2) is 7.63. The molecular formula is C15H15N3O5S. The number of hydrogen-bond donors (Lipinski definition) is 0. The van der Waals surface area contributed by atoms with Gasteiger partial charge in [-0.25, -0.2) is 8.42 Å². The van der Waals surface area contributed by atoms with Crippen molar-refractivity contribution in [2.24, 2.45) is 0 Å². The monoisotopic (exact) mass is 349 g/mol. The Morgan fingerprint density at radius 3 is 2.04 bits per heavy atom. The number of diazo groups is 1. The van der Waals surface area contributed by atoms with Gasteiger partial charge < -0.3 is 4.55 Å². The van der Waals surface area contributed by atoms with Crippen LogP contribution < -0.4 is 0 Å². The smallest absolute Gasteiger partial charge is 0.391 e. The van der Waals surface area contributed by atoms with Crippen LogP contribution in [0.3, 0.4) is 0 Å². The summed E-state index contributed by atoms with van der Waals surface area (Å²) in [5.41, 5.74) is 2.10. The van der Waals surface area contributed by atoms with E-state index in [1.165, 1.54) is 24.3 Å². The molecule has 9 heteroatoms. The summed E-state index contributed by atoms with van der Waals surface area (Å²) in [6.45, 7) is 5.12. The second-order valence-corrected chi connectivity index (χ2v) is 6.38. The summed E-state index contributed by atoms with van der Waals surface area (Å²) < 4.78 is 32.5. The van der Waals surface area contributed by atoms with Gasteiger partial charge in [0.05, 0.1) is 9.82 Å². The molecule has 0 aliphatic heterocycles. The molecule has 2 aromatic carbocycles. The summed E-state index contributed by atoms with van der Waals surface area (Å²) in [5.74, 6) is 0. The number of rotatable bonds is 2. The lowest BCUT2D eigenvalue weighted by molar-refractivity contribution is -0.384. The second-order valence-electron chi connectivity index (χ2n) is 5.06. The third-order valence-corrected chi connectivity index (χ3v) is 4.15. The highest BCUT2D eigenvalue weighted by atomic mass is 32.2. The fourth-order valence-corrected chi connectivity index (χ4v) is 3.14. The molecule has 8 nitrogen and oxygen atoms in total. The maximum absolute atomic E-state index is 10.8. The highest BCUT2D eigenvalue weighted by molar-refractivity contribution is 7.85. The van der Waals surface area contributed by atoms with Gasteiger partial charge in [0.15, 0.2) is 4.98 Å². The van der Waals surface area contributed by atoms with Crippen LogP contribution in [0, 0.1) is 36.3 Å². The Morgan fingerprint density at radius 1 is 1.08 bits per heavy atom. The lowest BCUT2D eigenvalue weighted by atomic mass is 10.1. The van der Waals surface area contributed by atoms with Crippen molar-refractivity contribution in [1.82, 2.24) is 0 Å². The van der Waals surface area contributed by atoms with Gasteiger partial charge >= 0.3 is 5.69 Å². The van der Waals surface area contributed by atoms with Crippen molar-refractivity contribution in [1.29, 1.82) is 5.39 Å². The first kappa shape index (κ1) is 19.2. The average molecular weight is 349 g/mol. The van der Waals surface area contributed by atoms with E-state index < -0.39 is 15.0 Å². The molecule has 2 aromatic rings. The SMILES string of the molecule is Cc1cc(C)c(S(=O)(=O)[O-])c(C)c1.N#[N+]c1cccc([N+](=O)[O-])c1. The van der Waals surface area contributed by atoms with Gasteiger partial charge in [0.2, 0.25) is 5.39 Å². The third-order valence-electron chi connectivity index (χ3n) is 3.01. The maximum Gasteiger partial charge on any atom is 0.391 e. The number of non-ortho nitro benzene ring substituents is 1. The third kappa shape index (κ3) is 5.12. The molecule has 0 aliphatic rings. The molecule has 0 unspecified atom stereocenters. The number of benzene rings is 2. The van der Waals surface area contributed by atoms with Crippen LogP contribution in [0.25, 0.3) is 4.98 Å². The Labute approximate surface area is 139 Å². The van der Waals surface area contributed by atoms with Gasteiger partial charge in [-0.05, 0) is 38.0 Å². The van der Waals surface area contributed by atoms with Crippen LogP contribution in [0.2, 0.25) is 0 Å². The van der Waals surface area contributed by atoms with Gasteiger partial charge in [-0.3, -0.25) is 10.1 Å². The molecule has 0 radical (unpaired) electrons. The van der Waals surface area contributed by atoms with Crippen molar-refractivity contribution in [3.8, 4) is 0 Å². The summed E-state index contributed by atoms with van der Waals surface area (Å²) in [7, 11) is -4.33. The largest absolute Gasteiger partial charge is 0.744 e. The van der Waals surface area contributed by atoms with Crippen molar-refractivity contribution in [2.75, 3.05) is 0 Å². The van der Waals surface area contributed by atoms with Crippen LogP contribution in [-0.4, -0.2) is 17.9 Å². The van der Waals surface area contributed by atoms with E-state index in [4.69, 9.17) is 5.39 Å². The predicted molar refractivity (Wildman–Crippen MR) is 86.5 cm³/mol. The van der Waals surface area contributed by atoms with E-state index in [-0.39, 0.29) is 16.3 Å². The first-order chi connectivity index (χ1) is 11.1. The van der Waals surface area contributed by atoms with E-state index >= 15 is 0 Å². The molecule has 0 amide bonds. The molecule has 0 bridgehead atoms. The molecule has 126 valence electrons. The van der Waals surface area contributed by atoms with E-state index in [0.29, 0.717) is 11.1 Å². The molecule has 0 atom stereocenters. The Bertz CT molecular complexity index is 894. The van der Waals surface area contributed by atoms with Crippen LogP contribution in [0.1, 0.15) is 16.7 Å². The van der Waals surface area contributed by atoms with E-state index in [9.17, 15) is 23.1 Å². The summed E-state index contributed by atoms with van der Waals surface area (Å²) in [6.07, 6.45) is 0. The molecular weight excluding hydrogens is 334 g/mol. The normalized spacial score (nSPS) is 10.3. The van der Waals surface area contributed by atoms with Crippen LogP contribution in [0.5, 0.6) is 0 Å². The summed E-state index contributed by atoms with van der Waals surface area (Å²) in [5, 5.41) is 18.4. The molecule has 0 saturated heterocycles. The maximum atomic E-state index is 10.8. The Morgan fingerprint density at radius 2 is 1.62 bits per heavy atom. The molecule has 0 saturated carbocycles. The van der Waals surface area contributed by atoms with E-state index in [2.05, 4.69) is 4.98 Å². The van der Waals surface area contributed by atoms with Crippen LogP contribution >= 0.6 is 0 Å². The van der Waals surface area contributed by atoms with Crippen molar-refractivity contribution in [3.05, 3.63) is 68.2 Å². The fraction of sp³-hybridized carbons (Fsp3) is 0.200. The van der Waals surface area contributed by atoms with Crippen molar-refractivity contribution >= 4 is 21.5 Å². The molecule has 0 N–H and O–H groups in total. The molecule has 0 heterocycles. The standard InChI is InChI=1S/C9H12O3S.C6H4N3O2/c1-6-4-7(2)9(8(3)5-6)13(10,11)12;7-8-5-2-1-3-6(4-5)9(10)11/h4-5H,1-3H3,(H,10,11,12);1-4H/q;+1/p-1. The van der Waals surface area contributed by atoms with E-state index in [1.54, 1.807) is 26.0 Å². The predicted octanol–water partition coefficient (Wildman–Crippen LogP) is 3.60. The van der Waals surface area contributed by atoms with Crippen molar-refractivity contribution in [2.45, 2.75) is 25.7 Å². The minimum Gasteiger partial charge on any atom is -0.744 e. The number of nitro benzene ring substituents is 1. The average Bonchev–Trinajstić information content (AvgIpc) is 2.45. The van der Waals surface area contributed by atoms with Crippen LogP contribution in [0.4, 0.5) is 11.4 Å². The van der Waals surface area contributed by atoms with Crippen LogP contribution in [-0.2, 0) is 10.1 Å². The minimum absolute atomic E-state index is 0.0831. The zero-order valence-corrected chi connectivity index (χ0v) is 14.1. The molecule has 0 fully saturated rings. The zero-order chi connectivity index (χ0) is 18.5. The number of aryl methyl sites for hydroxylation is 3. The summed E-state index contributed by atoms with van der Waals surface area (Å²) in [4.78, 5) is 12.3. The Kier molecular flexibility index (Phi) is 6.11. The van der Waals surface area contributed by atoms with Gasteiger partial charge in [0, 0.05) is 12.1 Å². The van der Waals surface area contributed by atoms with Crippen LogP contribution in [0.15, 0.2) is 41.3 Å². The Balaban J connectivity index is 0.000000243. The fourth-order valence-electron chi connectivity index (χ4n) is 2.23. The first-order valence-corrected chi connectivity index (χ1v) is 8.10. The molecule has 0 aromatic heterocycles. The minimum atomic E-state index is -4.33. The van der Waals surface area contributed by atoms with E-state index in [1.807, 2.05) is 6.92 Å². The zero-order valence-electron chi connectivity index (χ0n) is 13.3. The lowest BCUT2D eigenvalue weighted by Crippen LogP contribution is -2.04. The molecule has 0 spiro atoms. The van der Waals surface area contributed by atoms with Gasteiger partial charge in [-0.2, -0.15) is 0 Å². The number of hydrogen-bond acceptors (Lipinski definition) is 6. The summed E-state index contributed by atoms with van der Waals surface area (Å²) >= 11 is 0. The highest BCUT2D eigenvalue weighted by Gasteiger charge is 2.11. The van der Waals surface area contributed by atoms with Gasteiger partial charge in [-0.15, -0.1) is 0 Å². The van der Waals surface area contributed by atoms with Gasteiger partial charge in [-0.1, -0.05) is 17.7 Å². The number of nitro groups is 1. The topological polar surface area (TPSA) is 128 Å². The van der Waals surface area contributed by atoms with Gasteiger partial charge in [0.1, 0.15) is 16.2 Å². The molecule has 0 aliphatic carbocycles.